The molecule has 0 bridgehead atoms. The topological polar surface area (TPSA) is 81.3 Å². The molecule has 3 atom stereocenters. The van der Waals surface area contributed by atoms with Crippen LogP contribution in [-0.2, 0) is 21.9 Å². The lowest BCUT2D eigenvalue weighted by Gasteiger charge is -2.36. The number of terminal acetylenes is 3. The van der Waals surface area contributed by atoms with Gasteiger partial charge in [-0.2, -0.15) is 26.3 Å². The molecule has 1 aromatic carbocycles. The molecule has 3 unspecified atom stereocenters. The van der Waals surface area contributed by atoms with Gasteiger partial charge in [0, 0.05) is 47.3 Å². The van der Waals surface area contributed by atoms with Crippen molar-refractivity contribution in [1.29, 1.82) is 0 Å². The Bertz CT molecular complexity index is 1390. The van der Waals surface area contributed by atoms with Crippen LogP contribution in [0, 0.1) is 64.2 Å². The summed E-state index contributed by atoms with van der Waals surface area (Å²) in [4.78, 5) is 21.1. The molecule has 1 aromatic heterocycles. The molecule has 0 saturated carbocycles. The molecule has 2 heterocycles. The van der Waals surface area contributed by atoms with E-state index in [-0.39, 0.29) is 40.2 Å². The average Bonchev–Trinajstić information content (AvgIpc) is 3.23. The van der Waals surface area contributed by atoms with Crippen molar-refractivity contribution >= 4 is 17.3 Å². The number of amides is 1. The minimum Gasteiger partial charge on any atom is -0.399 e. The summed E-state index contributed by atoms with van der Waals surface area (Å²) in [5.41, 5.74) is 3.13. The van der Waals surface area contributed by atoms with Crippen LogP contribution < -0.4 is 10.6 Å². The first-order valence-electron chi connectivity index (χ1n) is 13.5. The molecule has 0 aliphatic carbocycles. The lowest BCUT2D eigenvalue weighted by Crippen LogP contribution is -2.40. The highest BCUT2D eigenvalue weighted by molar-refractivity contribution is 6.01. The molecule has 12 heteroatoms. The standard InChI is InChI=1S/C20H26F3NO2.C8H8F3N3.3C2H2/c1-7-19(6,26-8-2)17-13(4)18(25)24(14(17)5)15-10-9-12(3)16(11-15)20(21,22)23;1-4(12)6-3-13-5(2)14-7(6)8(9,10)11;3*1-2/h9-11,13,17H,5,7-8H2,1-4,6H3;3H,1,12H2,2H3;3*1-2H. The zero-order valence-corrected chi connectivity index (χ0v) is 26.8. The number of aromatic nitrogens is 2. The van der Waals surface area contributed by atoms with Crippen LogP contribution in [0.3, 0.4) is 0 Å². The van der Waals surface area contributed by atoms with Crippen LogP contribution in [0.5, 0.6) is 0 Å². The molecule has 250 valence electrons. The Balaban J connectivity index is 0. The second-order valence-electron chi connectivity index (χ2n) is 9.73. The molecule has 1 saturated heterocycles. The average molecular weight is 651 g/mol. The third-order valence-electron chi connectivity index (χ3n) is 6.90. The summed E-state index contributed by atoms with van der Waals surface area (Å²) in [5, 5.41) is 0. The van der Waals surface area contributed by atoms with Gasteiger partial charge in [-0.25, -0.2) is 9.97 Å². The largest absolute Gasteiger partial charge is 0.434 e. The van der Waals surface area contributed by atoms with Gasteiger partial charge in [0.15, 0.2) is 5.69 Å². The number of hydrogen-bond acceptors (Lipinski definition) is 5. The summed E-state index contributed by atoms with van der Waals surface area (Å²) in [6.45, 7) is 18.1. The van der Waals surface area contributed by atoms with Crippen molar-refractivity contribution in [3.8, 4) is 38.5 Å². The number of alkyl halides is 6. The van der Waals surface area contributed by atoms with Gasteiger partial charge in [0.05, 0.1) is 11.2 Å². The molecule has 1 fully saturated rings. The van der Waals surface area contributed by atoms with Gasteiger partial charge in [-0.3, -0.25) is 9.69 Å². The zero-order valence-electron chi connectivity index (χ0n) is 26.8. The van der Waals surface area contributed by atoms with Crippen molar-refractivity contribution in [2.24, 2.45) is 17.6 Å². The van der Waals surface area contributed by atoms with Gasteiger partial charge in [0.25, 0.3) is 0 Å². The summed E-state index contributed by atoms with van der Waals surface area (Å²) >= 11 is 0. The van der Waals surface area contributed by atoms with E-state index in [1.807, 2.05) is 20.8 Å². The highest BCUT2D eigenvalue weighted by Gasteiger charge is 2.50. The number of anilines is 1. The van der Waals surface area contributed by atoms with E-state index in [4.69, 9.17) is 10.5 Å². The fraction of sp³-hybridized carbons (Fsp3) is 0.382. The molecule has 2 N–H and O–H groups in total. The Morgan fingerprint density at radius 1 is 1.02 bits per heavy atom. The molecular weight excluding hydrogens is 610 g/mol. The molecule has 3 rings (SSSR count). The minimum absolute atomic E-state index is 0.0438. The summed E-state index contributed by atoms with van der Waals surface area (Å²) in [5.74, 6) is -0.927. The Morgan fingerprint density at radius 2 is 1.54 bits per heavy atom. The van der Waals surface area contributed by atoms with Gasteiger partial charge in [0.1, 0.15) is 5.82 Å². The van der Waals surface area contributed by atoms with Gasteiger partial charge in [0.2, 0.25) is 5.91 Å². The normalized spacial score (nSPS) is 16.9. The van der Waals surface area contributed by atoms with Crippen LogP contribution in [-0.4, -0.2) is 28.1 Å². The Kier molecular flexibility index (Phi) is 17.3. The summed E-state index contributed by atoms with van der Waals surface area (Å²) in [7, 11) is 0. The van der Waals surface area contributed by atoms with E-state index < -0.39 is 35.1 Å². The third kappa shape index (κ3) is 10.4. The van der Waals surface area contributed by atoms with E-state index in [0.29, 0.717) is 18.7 Å². The third-order valence-corrected chi connectivity index (χ3v) is 6.90. The minimum atomic E-state index is -4.54. The highest BCUT2D eigenvalue weighted by Crippen LogP contribution is 2.46. The number of nitrogens with zero attached hydrogens (tertiary/aromatic N) is 3. The zero-order chi connectivity index (χ0) is 36.8. The van der Waals surface area contributed by atoms with Crippen molar-refractivity contribution in [2.75, 3.05) is 11.5 Å². The molecule has 1 aliphatic heterocycles. The smallest absolute Gasteiger partial charge is 0.399 e. The van der Waals surface area contributed by atoms with Gasteiger partial charge in [-0.1, -0.05) is 33.1 Å². The quantitative estimate of drug-likeness (QED) is 0.255. The molecule has 0 spiro atoms. The number of aryl methyl sites for hydroxylation is 2. The Hall–Kier alpha value is -4.73. The maximum absolute atomic E-state index is 13.3. The molecule has 0 radical (unpaired) electrons. The van der Waals surface area contributed by atoms with Crippen LogP contribution >= 0.6 is 0 Å². The number of rotatable bonds is 6. The van der Waals surface area contributed by atoms with Gasteiger partial charge in [-0.05, 0) is 51.8 Å². The summed E-state index contributed by atoms with van der Waals surface area (Å²) in [6, 6.07) is 3.95. The lowest BCUT2D eigenvalue weighted by molar-refractivity contribution is -0.141. The molecule has 6 nitrogen and oxygen atoms in total. The first-order chi connectivity index (χ1) is 21.3. The summed E-state index contributed by atoms with van der Waals surface area (Å²) in [6.07, 6.45) is 16.7. The molecular formula is C34H40F6N4O2. The van der Waals surface area contributed by atoms with Crippen LogP contribution in [0.1, 0.15) is 62.3 Å². The van der Waals surface area contributed by atoms with Crippen molar-refractivity contribution in [3.63, 3.8) is 0 Å². The lowest BCUT2D eigenvalue weighted by atomic mass is 9.78. The van der Waals surface area contributed by atoms with Crippen LogP contribution in [0.15, 0.2) is 43.3 Å². The van der Waals surface area contributed by atoms with Crippen molar-refractivity contribution < 1.29 is 35.9 Å². The predicted octanol–water partition coefficient (Wildman–Crippen LogP) is 7.81. The SMILES string of the molecule is C#C.C#C.C#C.C=C(N)c1cnc(C)nc1C(F)(F)F.C=C1C(C(C)(CC)OCC)C(C)C(=O)N1c1ccc(C)c(C(F)(F)F)c1. The van der Waals surface area contributed by atoms with E-state index in [2.05, 4.69) is 61.7 Å². The maximum atomic E-state index is 13.3. The molecule has 1 aliphatic rings. The molecule has 2 aromatic rings. The number of nitrogens with two attached hydrogens (primary N) is 1. The van der Waals surface area contributed by atoms with E-state index >= 15 is 0 Å². The van der Waals surface area contributed by atoms with Crippen LogP contribution in [0.4, 0.5) is 32.0 Å². The van der Waals surface area contributed by atoms with Crippen molar-refractivity contribution in [3.05, 3.63) is 71.5 Å². The van der Waals surface area contributed by atoms with Crippen LogP contribution in [0.25, 0.3) is 5.70 Å². The second-order valence-corrected chi connectivity index (χ2v) is 9.73. The van der Waals surface area contributed by atoms with Gasteiger partial charge >= 0.3 is 12.4 Å². The number of hydrogen-bond donors (Lipinski definition) is 1. The van der Waals surface area contributed by atoms with Gasteiger partial charge in [-0.15, -0.1) is 38.5 Å². The number of carbonyl (C=O) groups is 1. The second kappa shape index (κ2) is 18.3. The van der Waals surface area contributed by atoms with Crippen LogP contribution in [0.2, 0.25) is 0 Å². The number of benzene rings is 1. The van der Waals surface area contributed by atoms with E-state index in [1.54, 1.807) is 6.92 Å². The molecule has 46 heavy (non-hydrogen) atoms. The molecule has 1 amide bonds. The fourth-order valence-electron chi connectivity index (χ4n) is 4.81. The number of ether oxygens (including phenoxy) is 1. The number of halogens is 6. The predicted molar refractivity (Wildman–Crippen MR) is 170 cm³/mol. The Labute approximate surface area is 268 Å². The first-order valence-corrected chi connectivity index (χ1v) is 13.5. The van der Waals surface area contributed by atoms with Crippen molar-refractivity contribution in [2.45, 2.75) is 65.9 Å². The van der Waals surface area contributed by atoms with E-state index in [0.717, 1.165) is 12.3 Å². The van der Waals surface area contributed by atoms with Crippen molar-refractivity contribution in [1.82, 2.24) is 9.97 Å². The van der Waals surface area contributed by atoms with Gasteiger partial charge < -0.3 is 10.5 Å². The van der Waals surface area contributed by atoms with E-state index in [9.17, 15) is 31.1 Å². The monoisotopic (exact) mass is 650 g/mol. The highest BCUT2D eigenvalue weighted by atomic mass is 19.4. The summed E-state index contributed by atoms with van der Waals surface area (Å²) < 4.78 is 82.9. The maximum Gasteiger partial charge on any atom is 0.434 e. The first kappa shape index (κ1) is 43.4. The fourth-order valence-corrected chi connectivity index (χ4v) is 4.81. The Morgan fingerprint density at radius 3 is 1.96 bits per heavy atom. The van der Waals surface area contributed by atoms with E-state index in [1.165, 1.54) is 30.9 Å². The number of carbonyl (C=O) groups excluding carboxylic acids is 1.